The van der Waals surface area contributed by atoms with E-state index in [0.29, 0.717) is 6.42 Å². The van der Waals surface area contributed by atoms with Gasteiger partial charge in [0, 0.05) is 23.4 Å². The van der Waals surface area contributed by atoms with Crippen LogP contribution in [0, 0.1) is 11.8 Å². The van der Waals surface area contributed by atoms with Crippen molar-refractivity contribution in [1.82, 2.24) is 4.90 Å². The lowest BCUT2D eigenvalue weighted by molar-refractivity contribution is 0.305. The highest BCUT2D eigenvalue weighted by Crippen LogP contribution is 2.16. The van der Waals surface area contributed by atoms with Gasteiger partial charge in [-0.15, -0.1) is 11.3 Å². The molecule has 0 aliphatic carbocycles. The Balaban J connectivity index is 2.68. The fraction of sp³-hybridized carbons (Fsp3) is 0.455. The molecule has 1 rings (SSSR count). The maximum atomic E-state index is 8.60. The molecule has 2 nitrogen and oxygen atoms in total. The second-order valence-corrected chi connectivity index (χ2v) is 4.27. The number of thiophene rings is 1. The fourth-order valence-corrected chi connectivity index (χ4v) is 2.02. The first-order valence-electron chi connectivity index (χ1n) is 4.55. The Morgan fingerprint density at radius 3 is 2.93 bits per heavy atom. The molecule has 0 unspecified atom stereocenters. The molecule has 0 radical (unpaired) electrons. The van der Waals surface area contributed by atoms with Crippen LogP contribution in [0.3, 0.4) is 0 Å². The van der Waals surface area contributed by atoms with Gasteiger partial charge >= 0.3 is 0 Å². The van der Waals surface area contributed by atoms with Crippen LogP contribution >= 0.6 is 11.3 Å². The third-order valence-electron chi connectivity index (χ3n) is 1.67. The van der Waals surface area contributed by atoms with Crippen LogP contribution in [0.25, 0.3) is 0 Å². The average molecular weight is 209 g/mol. The highest BCUT2D eigenvalue weighted by molar-refractivity contribution is 7.10. The molecule has 0 aliphatic rings. The minimum atomic E-state index is 0.139. The molecule has 0 bridgehead atoms. The van der Waals surface area contributed by atoms with Gasteiger partial charge in [0.05, 0.1) is 6.61 Å². The average Bonchev–Trinajstić information content (AvgIpc) is 2.52. The van der Waals surface area contributed by atoms with Crippen LogP contribution in [0.4, 0.5) is 0 Å². The van der Waals surface area contributed by atoms with Crippen molar-refractivity contribution in [3.05, 3.63) is 21.9 Å². The summed E-state index contributed by atoms with van der Waals surface area (Å²) in [6, 6.07) is 2.04. The van der Waals surface area contributed by atoms with Gasteiger partial charge in [-0.05, 0) is 25.5 Å². The van der Waals surface area contributed by atoms with E-state index in [0.717, 1.165) is 12.1 Å². The zero-order valence-electron chi connectivity index (χ0n) is 8.58. The van der Waals surface area contributed by atoms with E-state index in [9.17, 15) is 0 Å². The highest BCUT2D eigenvalue weighted by Gasteiger charge is 2.02. The number of aliphatic hydroxyl groups is 1. The Morgan fingerprint density at radius 2 is 2.29 bits per heavy atom. The molecule has 1 aromatic heterocycles. The van der Waals surface area contributed by atoms with Crippen LogP contribution in [0.5, 0.6) is 0 Å². The van der Waals surface area contributed by atoms with Gasteiger partial charge in [0.1, 0.15) is 0 Å². The van der Waals surface area contributed by atoms with Gasteiger partial charge in [-0.25, -0.2) is 0 Å². The summed E-state index contributed by atoms with van der Waals surface area (Å²) in [7, 11) is 4.09. The lowest BCUT2D eigenvalue weighted by atomic mass is 10.2. The fourth-order valence-electron chi connectivity index (χ4n) is 1.08. The third-order valence-corrected chi connectivity index (χ3v) is 2.57. The van der Waals surface area contributed by atoms with E-state index in [1.807, 2.05) is 20.2 Å². The highest BCUT2D eigenvalue weighted by atomic mass is 32.1. The monoisotopic (exact) mass is 209 g/mol. The summed E-state index contributed by atoms with van der Waals surface area (Å²) < 4.78 is 0. The van der Waals surface area contributed by atoms with E-state index in [1.165, 1.54) is 4.88 Å². The third kappa shape index (κ3) is 3.51. The van der Waals surface area contributed by atoms with E-state index >= 15 is 0 Å². The zero-order valence-corrected chi connectivity index (χ0v) is 9.40. The van der Waals surface area contributed by atoms with Crippen LogP contribution in [-0.4, -0.2) is 30.7 Å². The molecule has 76 valence electrons. The van der Waals surface area contributed by atoms with Crippen LogP contribution in [0.15, 0.2) is 11.4 Å². The molecule has 1 aromatic rings. The number of aliphatic hydroxyl groups excluding tert-OH is 1. The van der Waals surface area contributed by atoms with E-state index in [1.54, 1.807) is 11.3 Å². The summed E-state index contributed by atoms with van der Waals surface area (Å²) in [4.78, 5) is 3.42. The predicted octanol–water partition coefficient (Wildman–Crippen LogP) is 1.54. The maximum Gasteiger partial charge on any atom is 0.0540 e. The van der Waals surface area contributed by atoms with Crippen molar-refractivity contribution >= 4 is 11.3 Å². The summed E-state index contributed by atoms with van der Waals surface area (Å²) in [5.41, 5.74) is 1.09. The molecule has 1 N–H and O–H groups in total. The molecule has 0 saturated heterocycles. The normalized spacial score (nSPS) is 10.0. The SMILES string of the molecule is CN(C)Cc1sccc1C#CCCO. The van der Waals surface area contributed by atoms with Gasteiger partial charge in [-0.3, -0.25) is 0 Å². The standard InChI is InChI=1S/C11H15NOS/c1-12(2)9-11-10(6-8-14-11)5-3-4-7-13/h6,8,13H,4,7,9H2,1-2H3. The second-order valence-electron chi connectivity index (χ2n) is 3.27. The molecule has 0 fully saturated rings. The predicted molar refractivity (Wildman–Crippen MR) is 60.3 cm³/mol. The topological polar surface area (TPSA) is 23.5 Å². The lowest BCUT2D eigenvalue weighted by Crippen LogP contribution is -2.10. The van der Waals surface area contributed by atoms with Crippen molar-refractivity contribution in [3.8, 4) is 11.8 Å². The van der Waals surface area contributed by atoms with Gasteiger partial charge in [0.25, 0.3) is 0 Å². The Labute approximate surface area is 89.2 Å². The summed E-state index contributed by atoms with van der Waals surface area (Å²) in [6.45, 7) is 1.07. The molecule has 0 aliphatic heterocycles. The molecular formula is C11H15NOS. The molecular weight excluding hydrogens is 194 g/mol. The van der Waals surface area contributed by atoms with Crippen molar-refractivity contribution in [2.75, 3.05) is 20.7 Å². The number of nitrogens with zero attached hydrogens (tertiary/aromatic N) is 1. The first-order chi connectivity index (χ1) is 6.74. The Bertz CT molecular complexity index is 333. The van der Waals surface area contributed by atoms with Crippen molar-refractivity contribution in [1.29, 1.82) is 0 Å². The molecule has 1 heterocycles. The van der Waals surface area contributed by atoms with Crippen molar-refractivity contribution < 1.29 is 5.11 Å². The Morgan fingerprint density at radius 1 is 1.50 bits per heavy atom. The summed E-state index contributed by atoms with van der Waals surface area (Å²) in [5.74, 6) is 6.01. The van der Waals surface area contributed by atoms with Gasteiger partial charge in [-0.2, -0.15) is 0 Å². The first-order valence-corrected chi connectivity index (χ1v) is 5.43. The Kier molecular flexibility index (Phi) is 4.68. The summed E-state index contributed by atoms with van der Waals surface area (Å²) in [6.07, 6.45) is 0.553. The van der Waals surface area contributed by atoms with Crippen molar-refractivity contribution in [2.45, 2.75) is 13.0 Å². The van der Waals surface area contributed by atoms with Crippen LogP contribution < -0.4 is 0 Å². The smallest absolute Gasteiger partial charge is 0.0540 e. The molecule has 0 spiro atoms. The number of rotatable bonds is 3. The molecule has 0 saturated carbocycles. The molecule has 0 atom stereocenters. The van der Waals surface area contributed by atoms with Gasteiger partial charge < -0.3 is 10.0 Å². The lowest BCUT2D eigenvalue weighted by Gasteiger charge is -2.07. The number of hydrogen-bond acceptors (Lipinski definition) is 3. The van der Waals surface area contributed by atoms with Crippen LogP contribution in [-0.2, 0) is 6.54 Å². The minimum absolute atomic E-state index is 0.139. The van der Waals surface area contributed by atoms with Crippen molar-refractivity contribution in [3.63, 3.8) is 0 Å². The van der Waals surface area contributed by atoms with Crippen molar-refractivity contribution in [2.24, 2.45) is 0 Å². The first kappa shape index (κ1) is 11.3. The summed E-state index contributed by atoms with van der Waals surface area (Å²) in [5, 5.41) is 10.7. The van der Waals surface area contributed by atoms with Gasteiger partial charge in [-0.1, -0.05) is 11.8 Å². The second kappa shape index (κ2) is 5.82. The van der Waals surface area contributed by atoms with E-state index in [-0.39, 0.29) is 6.61 Å². The Hall–Kier alpha value is -0.820. The molecule has 3 heteroatoms. The number of hydrogen-bond donors (Lipinski definition) is 1. The minimum Gasteiger partial charge on any atom is -0.395 e. The summed E-state index contributed by atoms with van der Waals surface area (Å²) >= 11 is 1.73. The van der Waals surface area contributed by atoms with Crippen LogP contribution in [0.1, 0.15) is 16.9 Å². The molecule has 0 aromatic carbocycles. The quantitative estimate of drug-likeness (QED) is 0.763. The van der Waals surface area contributed by atoms with Crippen LogP contribution in [0.2, 0.25) is 0 Å². The van der Waals surface area contributed by atoms with Gasteiger partial charge in [0.15, 0.2) is 0 Å². The van der Waals surface area contributed by atoms with E-state index in [4.69, 9.17) is 5.11 Å². The maximum absolute atomic E-state index is 8.60. The molecule has 0 amide bonds. The zero-order chi connectivity index (χ0) is 10.4. The molecule has 14 heavy (non-hydrogen) atoms. The van der Waals surface area contributed by atoms with E-state index in [2.05, 4.69) is 22.1 Å². The van der Waals surface area contributed by atoms with Gasteiger partial charge in [0.2, 0.25) is 0 Å². The van der Waals surface area contributed by atoms with E-state index < -0.39 is 0 Å². The largest absolute Gasteiger partial charge is 0.395 e.